The van der Waals surface area contributed by atoms with Gasteiger partial charge in [-0.25, -0.2) is 0 Å². The van der Waals surface area contributed by atoms with Crippen molar-refractivity contribution in [2.75, 3.05) is 0 Å². The molecule has 1 N–H and O–H groups in total. The summed E-state index contributed by atoms with van der Waals surface area (Å²) in [5, 5.41) is 8.94. The van der Waals surface area contributed by atoms with Gasteiger partial charge in [-0.2, -0.15) is 0 Å². The molecule has 0 aliphatic heterocycles. The molecule has 0 heterocycles. The first-order valence-corrected chi connectivity index (χ1v) is 3.88. The zero-order valence-corrected chi connectivity index (χ0v) is 6.30. The Morgan fingerprint density at radius 1 is 1.56 bits per heavy atom. The van der Waals surface area contributed by atoms with Gasteiger partial charge in [0.15, 0.2) is 0 Å². The Bertz CT molecular complexity index is 88.6. The van der Waals surface area contributed by atoms with Crippen LogP contribution in [0.25, 0.3) is 0 Å². The largest absolute Gasteiger partial charge is 0.393 e. The van der Waals surface area contributed by atoms with E-state index < -0.39 is 0 Å². The molecule has 1 heteroatoms. The number of aliphatic hydroxyl groups is 1. The van der Waals surface area contributed by atoms with Crippen molar-refractivity contribution in [1.82, 2.24) is 0 Å². The van der Waals surface area contributed by atoms with E-state index in [1.54, 1.807) is 0 Å². The second-order valence-corrected chi connectivity index (χ2v) is 3.53. The van der Waals surface area contributed by atoms with E-state index in [0.717, 1.165) is 12.3 Å². The molecule has 1 nitrogen and oxygen atoms in total. The van der Waals surface area contributed by atoms with E-state index in [0.29, 0.717) is 5.92 Å². The molecular weight excluding hydrogens is 112 g/mol. The van der Waals surface area contributed by atoms with Crippen LogP contribution >= 0.6 is 0 Å². The Kier molecular flexibility index (Phi) is 2.12. The average Bonchev–Trinajstić information content (AvgIpc) is 2.42. The molecule has 0 aromatic carbocycles. The minimum atomic E-state index is 0.0590. The third kappa shape index (κ3) is 2.35. The number of hydrogen-bond acceptors (Lipinski definition) is 1. The van der Waals surface area contributed by atoms with Crippen LogP contribution in [-0.4, -0.2) is 11.2 Å². The van der Waals surface area contributed by atoms with Crippen LogP contribution in [-0.2, 0) is 0 Å². The van der Waals surface area contributed by atoms with Gasteiger partial charge in [0, 0.05) is 0 Å². The lowest BCUT2D eigenvalue weighted by Crippen LogP contribution is -1.90. The van der Waals surface area contributed by atoms with Gasteiger partial charge < -0.3 is 5.11 Å². The van der Waals surface area contributed by atoms with Crippen molar-refractivity contribution in [2.24, 2.45) is 11.8 Å². The van der Waals surface area contributed by atoms with Crippen LogP contribution < -0.4 is 0 Å². The highest BCUT2D eigenvalue weighted by Crippen LogP contribution is 2.35. The monoisotopic (exact) mass is 128 g/mol. The SMILES string of the molecule is CC(C)CCC1CC1O. The highest BCUT2D eigenvalue weighted by molar-refractivity contribution is 4.85. The molecule has 2 unspecified atom stereocenters. The molecule has 0 aromatic rings. The van der Waals surface area contributed by atoms with Crippen molar-refractivity contribution >= 4 is 0 Å². The van der Waals surface area contributed by atoms with Crippen LogP contribution in [0.15, 0.2) is 0 Å². The smallest absolute Gasteiger partial charge is 0.0573 e. The minimum Gasteiger partial charge on any atom is -0.393 e. The first-order valence-electron chi connectivity index (χ1n) is 3.88. The molecule has 0 bridgehead atoms. The fourth-order valence-electron chi connectivity index (χ4n) is 1.09. The summed E-state index contributed by atoms with van der Waals surface area (Å²) in [5.74, 6) is 1.46. The second kappa shape index (κ2) is 2.70. The van der Waals surface area contributed by atoms with Crippen LogP contribution in [0, 0.1) is 11.8 Å². The van der Waals surface area contributed by atoms with Gasteiger partial charge in [-0.1, -0.05) is 20.3 Å². The van der Waals surface area contributed by atoms with E-state index in [4.69, 9.17) is 5.11 Å². The lowest BCUT2D eigenvalue weighted by Gasteiger charge is -2.00. The number of aliphatic hydroxyl groups excluding tert-OH is 1. The van der Waals surface area contributed by atoms with E-state index in [1.165, 1.54) is 12.8 Å². The van der Waals surface area contributed by atoms with Gasteiger partial charge in [-0.3, -0.25) is 0 Å². The van der Waals surface area contributed by atoms with E-state index in [9.17, 15) is 0 Å². The molecule has 1 fully saturated rings. The molecule has 1 rings (SSSR count). The number of hydrogen-bond donors (Lipinski definition) is 1. The van der Waals surface area contributed by atoms with Gasteiger partial charge in [0.1, 0.15) is 0 Å². The molecule has 1 saturated carbocycles. The quantitative estimate of drug-likeness (QED) is 0.614. The zero-order chi connectivity index (χ0) is 6.85. The van der Waals surface area contributed by atoms with Crippen LogP contribution in [0.3, 0.4) is 0 Å². The Morgan fingerprint density at radius 2 is 2.11 bits per heavy atom. The Morgan fingerprint density at radius 3 is 2.44 bits per heavy atom. The van der Waals surface area contributed by atoms with Crippen molar-refractivity contribution in [2.45, 2.75) is 39.2 Å². The highest BCUT2D eigenvalue weighted by atomic mass is 16.3. The minimum absolute atomic E-state index is 0.0590. The van der Waals surface area contributed by atoms with Crippen molar-refractivity contribution in [3.05, 3.63) is 0 Å². The standard InChI is InChI=1S/C8H16O/c1-6(2)3-4-7-5-8(7)9/h6-9H,3-5H2,1-2H3. The molecule has 0 radical (unpaired) electrons. The summed E-state index contributed by atoms with van der Waals surface area (Å²) in [6.07, 6.45) is 3.64. The maximum atomic E-state index is 8.94. The van der Waals surface area contributed by atoms with Crippen molar-refractivity contribution in [3.63, 3.8) is 0 Å². The summed E-state index contributed by atoms with van der Waals surface area (Å²) in [6.45, 7) is 4.46. The van der Waals surface area contributed by atoms with Crippen molar-refractivity contribution in [3.8, 4) is 0 Å². The van der Waals surface area contributed by atoms with Gasteiger partial charge in [-0.05, 0) is 24.7 Å². The maximum Gasteiger partial charge on any atom is 0.0573 e. The molecule has 1 aliphatic rings. The van der Waals surface area contributed by atoms with Gasteiger partial charge in [0.2, 0.25) is 0 Å². The fraction of sp³-hybridized carbons (Fsp3) is 1.00. The maximum absolute atomic E-state index is 8.94. The lowest BCUT2D eigenvalue weighted by atomic mass is 10.1. The summed E-state index contributed by atoms with van der Waals surface area (Å²) in [7, 11) is 0. The molecule has 54 valence electrons. The lowest BCUT2D eigenvalue weighted by molar-refractivity contribution is 0.254. The molecule has 9 heavy (non-hydrogen) atoms. The summed E-state index contributed by atoms with van der Waals surface area (Å²) in [6, 6.07) is 0. The molecule has 0 aromatic heterocycles. The van der Waals surface area contributed by atoms with Crippen molar-refractivity contribution < 1.29 is 5.11 Å². The summed E-state index contributed by atoms with van der Waals surface area (Å²) in [4.78, 5) is 0. The Labute approximate surface area is 57.1 Å². The zero-order valence-electron chi connectivity index (χ0n) is 6.30. The van der Waals surface area contributed by atoms with Crippen molar-refractivity contribution in [1.29, 1.82) is 0 Å². The molecule has 2 atom stereocenters. The van der Waals surface area contributed by atoms with Gasteiger partial charge >= 0.3 is 0 Å². The summed E-state index contributed by atoms with van der Waals surface area (Å²) in [5.41, 5.74) is 0. The Hall–Kier alpha value is -0.0400. The molecule has 1 aliphatic carbocycles. The normalized spacial score (nSPS) is 33.3. The molecule has 0 amide bonds. The third-order valence-corrected chi connectivity index (χ3v) is 2.00. The van der Waals surface area contributed by atoms with Gasteiger partial charge in [0.25, 0.3) is 0 Å². The van der Waals surface area contributed by atoms with E-state index in [2.05, 4.69) is 13.8 Å². The van der Waals surface area contributed by atoms with Crippen LogP contribution in [0.1, 0.15) is 33.1 Å². The number of rotatable bonds is 3. The van der Waals surface area contributed by atoms with Gasteiger partial charge in [-0.15, -0.1) is 0 Å². The topological polar surface area (TPSA) is 20.2 Å². The fourth-order valence-corrected chi connectivity index (χ4v) is 1.09. The van der Waals surface area contributed by atoms with Crippen LogP contribution in [0.2, 0.25) is 0 Å². The third-order valence-electron chi connectivity index (χ3n) is 2.00. The van der Waals surface area contributed by atoms with E-state index >= 15 is 0 Å². The molecule has 0 saturated heterocycles. The first-order chi connectivity index (χ1) is 4.20. The predicted octanol–water partition coefficient (Wildman–Crippen LogP) is 1.80. The van der Waals surface area contributed by atoms with Crippen LogP contribution in [0.4, 0.5) is 0 Å². The van der Waals surface area contributed by atoms with Gasteiger partial charge in [0.05, 0.1) is 6.10 Å². The van der Waals surface area contributed by atoms with E-state index in [-0.39, 0.29) is 6.10 Å². The van der Waals surface area contributed by atoms with Crippen LogP contribution in [0.5, 0.6) is 0 Å². The molecular formula is C8H16O. The Balaban J connectivity index is 1.94. The second-order valence-electron chi connectivity index (χ2n) is 3.53. The summed E-state index contributed by atoms with van der Waals surface area (Å²) < 4.78 is 0. The van der Waals surface area contributed by atoms with E-state index in [1.807, 2.05) is 0 Å². The molecule has 0 spiro atoms. The predicted molar refractivity (Wildman–Crippen MR) is 38.2 cm³/mol. The highest BCUT2D eigenvalue weighted by Gasteiger charge is 2.34. The average molecular weight is 128 g/mol. The first kappa shape index (κ1) is 7.07. The summed E-state index contributed by atoms with van der Waals surface area (Å²) >= 11 is 0.